The summed E-state index contributed by atoms with van der Waals surface area (Å²) in [5.74, 6) is 3.06. The number of aromatic nitrogens is 1. The summed E-state index contributed by atoms with van der Waals surface area (Å²) in [4.78, 5) is 22.0. The van der Waals surface area contributed by atoms with Crippen LogP contribution in [0.3, 0.4) is 0 Å². The van der Waals surface area contributed by atoms with Crippen LogP contribution in [0, 0.1) is 0 Å². The molecule has 7 heteroatoms. The fourth-order valence-corrected chi connectivity index (χ4v) is 4.69. The molecule has 2 aromatic rings. The molecule has 0 aliphatic carbocycles. The van der Waals surface area contributed by atoms with E-state index >= 15 is 0 Å². The number of hydrogen-bond donors (Lipinski definition) is 1. The van der Waals surface area contributed by atoms with Gasteiger partial charge in [-0.2, -0.15) is 0 Å². The van der Waals surface area contributed by atoms with Crippen LogP contribution in [0.1, 0.15) is 24.4 Å². The monoisotopic (exact) mass is 412 g/mol. The second-order valence-corrected chi connectivity index (χ2v) is 8.00. The molecule has 2 saturated heterocycles. The maximum atomic E-state index is 13.1. The highest BCUT2D eigenvalue weighted by Crippen LogP contribution is 2.31. The van der Waals surface area contributed by atoms with Gasteiger partial charge in [-0.3, -0.25) is 9.69 Å². The Kier molecular flexibility index (Phi) is 6.38. The molecule has 2 aliphatic rings. The zero-order valence-electron chi connectivity index (χ0n) is 17.9. The summed E-state index contributed by atoms with van der Waals surface area (Å²) in [5.41, 5.74) is 1.14. The number of nitrogens with zero attached hydrogens (tertiary/aromatic N) is 2. The molecule has 30 heavy (non-hydrogen) atoms. The van der Waals surface area contributed by atoms with E-state index in [1.54, 1.807) is 14.2 Å². The first kappa shape index (κ1) is 20.5. The minimum absolute atomic E-state index is 0.246. The zero-order chi connectivity index (χ0) is 20.9. The predicted octanol–water partition coefficient (Wildman–Crippen LogP) is 0.587. The highest BCUT2D eigenvalue weighted by atomic mass is 16.5. The highest BCUT2D eigenvalue weighted by molar-refractivity contribution is 5.77. The van der Waals surface area contributed by atoms with Crippen LogP contribution in [-0.4, -0.2) is 64.3 Å². The minimum Gasteiger partial charge on any atom is -0.497 e. The Morgan fingerprint density at radius 3 is 2.67 bits per heavy atom. The van der Waals surface area contributed by atoms with Gasteiger partial charge in [0.05, 0.1) is 45.6 Å². The topological polar surface area (TPSA) is 60.6 Å². The Labute approximate surface area is 178 Å². The van der Waals surface area contributed by atoms with Crippen molar-refractivity contribution in [3.63, 3.8) is 0 Å². The van der Waals surface area contributed by atoms with Gasteiger partial charge in [0.25, 0.3) is 11.7 Å². The van der Waals surface area contributed by atoms with Gasteiger partial charge in [0, 0.05) is 18.9 Å². The number of carbonyl (C=O) groups is 1. The first-order valence-corrected chi connectivity index (χ1v) is 10.8. The number of benzene rings is 1. The second-order valence-electron chi connectivity index (χ2n) is 8.00. The van der Waals surface area contributed by atoms with E-state index in [1.807, 2.05) is 35.4 Å². The molecule has 0 radical (unpaired) electrons. The van der Waals surface area contributed by atoms with Gasteiger partial charge in [-0.15, -0.1) is 0 Å². The lowest BCUT2D eigenvalue weighted by Crippen LogP contribution is -3.11. The third-order valence-corrected chi connectivity index (χ3v) is 6.34. The molecule has 1 aromatic heterocycles. The molecule has 1 aromatic carbocycles. The fourth-order valence-electron chi connectivity index (χ4n) is 4.69. The van der Waals surface area contributed by atoms with E-state index in [2.05, 4.69) is 22.0 Å². The molecule has 2 N–H and O–H groups in total. The first-order valence-electron chi connectivity index (χ1n) is 10.8. The largest absolute Gasteiger partial charge is 0.497 e. The molecule has 1 amide bonds. The van der Waals surface area contributed by atoms with Crippen molar-refractivity contribution in [3.8, 4) is 11.5 Å². The maximum absolute atomic E-state index is 13.1. The van der Waals surface area contributed by atoms with Crippen LogP contribution in [-0.2, 0) is 4.79 Å². The Bertz CT molecular complexity index is 853. The Morgan fingerprint density at radius 2 is 1.97 bits per heavy atom. The number of quaternary nitrogens is 1. The van der Waals surface area contributed by atoms with E-state index < -0.39 is 0 Å². The van der Waals surface area contributed by atoms with Crippen LogP contribution < -0.4 is 24.3 Å². The van der Waals surface area contributed by atoms with Gasteiger partial charge in [0.1, 0.15) is 30.6 Å². The Morgan fingerprint density at radius 1 is 1.13 bits per heavy atom. The number of nitrogens with one attached hydrogen (secondary N) is 2. The SMILES string of the molecule is COc1ccc(OC)c([C@@H]2CCC[NH+]2CC(=O)N2CCN(c3cccc[nH+]3)CC2)c1. The van der Waals surface area contributed by atoms with Crippen LogP contribution in [0.2, 0.25) is 0 Å². The van der Waals surface area contributed by atoms with Gasteiger partial charge < -0.3 is 19.3 Å². The highest BCUT2D eigenvalue weighted by Gasteiger charge is 2.36. The number of carbonyl (C=O) groups excluding carboxylic acids is 1. The number of methoxy groups -OCH3 is 2. The van der Waals surface area contributed by atoms with Crippen molar-refractivity contribution in [2.45, 2.75) is 18.9 Å². The van der Waals surface area contributed by atoms with Gasteiger partial charge in [0.2, 0.25) is 0 Å². The first-order chi connectivity index (χ1) is 14.7. The van der Waals surface area contributed by atoms with Crippen molar-refractivity contribution in [1.29, 1.82) is 0 Å². The molecular formula is C23H32N4O3+2. The normalized spacial score (nSPS) is 21.5. The lowest BCUT2D eigenvalue weighted by Gasteiger charge is -2.32. The smallest absolute Gasteiger partial charge is 0.278 e. The van der Waals surface area contributed by atoms with Crippen molar-refractivity contribution in [2.75, 3.05) is 58.4 Å². The van der Waals surface area contributed by atoms with E-state index in [4.69, 9.17) is 9.47 Å². The lowest BCUT2D eigenvalue weighted by atomic mass is 10.0. The summed E-state index contributed by atoms with van der Waals surface area (Å²) in [6, 6.07) is 12.3. The molecule has 2 fully saturated rings. The maximum Gasteiger partial charge on any atom is 0.278 e. The van der Waals surface area contributed by atoms with Gasteiger partial charge in [-0.05, 0) is 24.3 Å². The van der Waals surface area contributed by atoms with E-state index in [-0.39, 0.29) is 11.9 Å². The summed E-state index contributed by atoms with van der Waals surface area (Å²) in [5, 5.41) is 0. The number of likely N-dealkylation sites (tertiary alicyclic amines) is 1. The third-order valence-electron chi connectivity index (χ3n) is 6.34. The summed E-state index contributed by atoms with van der Waals surface area (Å²) in [6.45, 7) is 4.78. The molecule has 7 nitrogen and oxygen atoms in total. The van der Waals surface area contributed by atoms with Crippen LogP contribution in [0.4, 0.5) is 5.82 Å². The van der Waals surface area contributed by atoms with E-state index in [1.165, 1.54) is 4.90 Å². The van der Waals surface area contributed by atoms with Crippen LogP contribution >= 0.6 is 0 Å². The van der Waals surface area contributed by atoms with E-state index in [0.29, 0.717) is 6.54 Å². The van der Waals surface area contributed by atoms with Crippen LogP contribution in [0.25, 0.3) is 0 Å². The lowest BCUT2D eigenvalue weighted by molar-refractivity contribution is -0.910. The Balaban J connectivity index is 1.39. The number of H-pyrrole nitrogens is 1. The fraction of sp³-hybridized carbons (Fsp3) is 0.478. The molecule has 0 saturated carbocycles. The molecule has 160 valence electrons. The number of piperazine rings is 1. The average Bonchev–Trinajstić information content (AvgIpc) is 3.27. The average molecular weight is 413 g/mol. The van der Waals surface area contributed by atoms with Gasteiger partial charge >= 0.3 is 0 Å². The number of anilines is 1. The summed E-state index contributed by atoms with van der Waals surface area (Å²) in [6.07, 6.45) is 4.12. The van der Waals surface area contributed by atoms with Crippen molar-refractivity contribution >= 4 is 11.7 Å². The standard InChI is InChI=1S/C23H30N4O3/c1-29-18-8-9-21(30-2)19(16-18)20-6-5-11-27(20)17-23(28)26-14-12-25(13-15-26)22-7-3-4-10-24-22/h3-4,7-10,16,20H,5-6,11-15,17H2,1-2H3/p+2/t20-/m0/s1. The molecule has 1 unspecified atom stereocenters. The summed E-state index contributed by atoms with van der Waals surface area (Å²) >= 11 is 0. The number of hydrogen-bond acceptors (Lipinski definition) is 4. The molecule has 3 heterocycles. The van der Waals surface area contributed by atoms with Gasteiger partial charge in [0.15, 0.2) is 6.54 Å². The zero-order valence-corrected chi connectivity index (χ0v) is 17.9. The number of aromatic amines is 1. The predicted molar refractivity (Wildman–Crippen MR) is 114 cm³/mol. The summed E-state index contributed by atoms with van der Waals surface area (Å²) < 4.78 is 11.0. The van der Waals surface area contributed by atoms with Crippen molar-refractivity contribution in [2.24, 2.45) is 0 Å². The molecule has 4 rings (SSSR count). The second kappa shape index (κ2) is 9.34. The third kappa shape index (κ3) is 4.36. The van der Waals surface area contributed by atoms with E-state index in [9.17, 15) is 4.79 Å². The summed E-state index contributed by atoms with van der Waals surface area (Å²) in [7, 11) is 3.38. The van der Waals surface area contributed by atoms with Gasteiger partial charge in [-0.25, -0.2) is 4.98 Å². The molecule has 0 bridgehead atoms. The number of rotatable bonds is 6. The quantitative estimate of drug-likeness (QED) is 0.754. The van der Waals surface area contributed by atoms with E-state index in [0.717, 1.165) is 68.4 Å². The molecular weight excluding hydrogens is 380 g/mol. The molecule has 2 atom stereocenters. The number of amides is 1. The van der Waals surface area contributed by atoms with Crippen molar-refractivity contribution in [1.82, 2.24) is 4.90 Å². The number of pyridine rings is 1. The minimum atomic E-state index is 0.246. The van der Waals surface area contributed by atoms with Gasteiger partial charge in [-0.1, -0.05) is 6.07 Å². The van der Waals surface area contributed by atoms with Crippen molar-refractivity contribution in [3.05, 3.63) is 48.2 Å². The van der Waals surface area contributed by atoms with Crippen molar-refractivity contribution < 1.29 is 24.2 Å². The Hall–Kier alpha value is -2.80. The number of ether oxygens (including phenoxy) is 2. The molecule has 2 aliphatic heterocycles. The van der Waals surface area contributed by atoms with Crippen LogP contribution in [0.5, 0.6) is 11.5 Å². The van der Waals surface area contributed by atoms with Crippen LogP contribution in [0.15, 0.2) is 42.6 Å². The molecule has 0 spiro atoms.